The summed E-state index contributed by atoms with van der Waals surface area (Å²) in [7, 11) is 0. The van der Waals surface area contributed by atoms with Crippen molar-refractivity contribution in [3.63, 3.8) is 0 Å². The molecule has 0 atom stereocenters. The van der Waals surface area contributed by atoms with E-state index in [1.807, 2.05) is 56.4 Å². The van der Waals surface area contributed by atoms with Crippen LogP contribution in [0.3, 0.4) is 0 Å². The highest BCUT2D eigenvalue weighted by molar-refractivity contribution is 14.0. The van der Waals surface area contributed by atoms with Crippen molar-refractivity contribution in [1.82, 2.24) is 20.6 Å². The number of aromatic nitrogens is 2. The maximum absolute atomic E-state index is 5.87. The molecule has 0 aliphatic rings. The lowest BCUT2D eigenvalue weighted by atomic mass is 10.2. The highest BCUT2D eigenvalue weighted by Gasteiger charge is 2.05. The Morgan fingerprint density at radius 1 is 1.03 bits per heavy atom. The smallest absolute Gasteiger partial charge is 0.219 e. The van der Waals surface area contributed by atoms with Crippen molar-refractivity contribution in [3.05, 3.63) is 64.2 Å². The molecule has 0 fully saturated rings. The topological polar surface area (TPSA) is 80.7 Å². The number of ether oxygens (including phenoxy) is 2. The maximum Gasteiger partial charge on any atom is 0.219 e. The van der Waals surface area contributed by atoms with Crippen LogP contribution in [0.4, 0.5) is 0 Å². The Hall–Kier alpha value is -2.40. The average Bonchev–Trinajstić information content (AvgIpc) is 3.26. The monoisotopic (exact) mass is 567 g/mol. The summed E-state index contributed by atoms with van der Waals surface area (Å²) >= 11 is 1.72. The summed E-state index contributed by atoms with van der Waals surface area (Å²) < 4.78 is 11.3. The number of nitrogens with one attached hydrogen (secondary N) is 2. The van der Waals surface area contributed by atoms with E-state index < -0.39 is 0 Å². The van der Waals surface area contributed by atoms with Crippen molar-refractivity contribution in [1.29, 1.82) is 0 Å². The van der Waals surface area contributed by atoms with E-state index in [2.05, 4.69) is 32.5 Å². The zero-order chi connectivity index (χ0) is 21.9. The molecule has 2 heterocycles. The summed E-state index contributed by atoms with van der Waals surface area (Å²) in [5.41, 5.74) is 1.01. The summed E-state index contributed by atoms with van der Waals surface area (Å²) in [4.78, 5) is 14.7. The van der Waals surface area contributed by atoms with Crippen molar-refractivity contribution in [2.24, 2.45) is 4.99 Å². The van der Waals surface area contributed by atoms with Gasteiger partial charge in [0, 0.05) is 29.9 Å². The molecule has 0 amide bonds. The second-order valence-electron chi connectivity index (χ2n) is 6.63. The van der Waals surface area contributed by atoms with E-state index in [4.69, 9.17) is 9.47 Å². The number of rotatable bonds is 10. The highest BCUT2D eigenvalue weighted by atomic mass is 127. The molecule has 3 aromatic rings. The molecule has 0 saturated heterocycles. The Balaban J connectivity index is 0.00000363. The zero-order valence-electron chi connectivity index (χ0n) is 18.6. The third-order valence-electron chi connectivity index (χ3n) is 4.28. The van der Waals surface area contributed by atoms with Crippen molar-refractivity contribution >= 4 is 41.3 Å². The summed E-state index contributed by atoms with van der Waals surface area (Å²) in [5.74, 6) is 2.81. The Morgan fingerprint density at radius 3 is 2.50 bits per heavy atom. The minimum Gasteiger partial charge on any atom is -0.494 e. The third kappa shape index (κ3) is 8.27. The molecule has 0 unspecified atom stereocenters. The molecular weight excluding hydrogens is 537 g/mol. The van der Waals surface area contributed by atoms with Gasteiger partial charge in [-0.3, -0.25) is 0 Å². The Morgan fingerprint density at radius 2 is 1.81 bits per heavy atom. The first kappa shape index (κ1) is 25.9. The van der Waals surface area contributed by atoms with Crippen molar-refractivity contribution in [3.8, 4) is 17.4 Å². The first-order valence-corrected chi connectivity index (χ1v) is 11.3. The largest absolute Gasteiger partial charge is 0.494 e. The van der Waals surface area contributed by atoms with E-state index in [1.165, 1.54) is 4.88 Å². The van der Waals surface area contributed by atoms with Gasteiger partial charge >= 0.3 is 0 Å². The Kier molecular flexibility index (Phi) is 11.2. The fraction of sp³-hybridized carbons (Fsp3) is 0.348. The van der Waals surface area contributed by atoms with Gasteiger partial charge in [0.25, 0.3) is 0 Å². The van der Waals surface area contributed by atoms with Gasteiger partial charge < -0.3 is 20.1 Å². The molecule has 0 spiro atoms. The molecule has 0 saturated carbocycles. The SMILES string of the molecule is CCNC(=NCc1ccnc(Oc2ccc(OCC)cc2)c1)NCc1ncc(CC)s1.I. The van der Waals surface area contributed by atoms with Gasteiger partial charge in [-0.05, 0) is 56.2 Å². The minimum atomic E-state index is 0. The van der Waals surface area contributed by atoms with Gasteiger partial charge in [0.1, 0.15) is 16.5 Å². The number of nitrogens with zero attached hydrogens (tertiary/aromatic N) is 3. The molecule has 9 heteroatoms. The van der Waals surface area contributed by atoms with E-state index in [0.717, 1.165) is 35.2 Å². The minimum absolute atomic E-state index is 0. The number of guanidine groups is 1. The summed E-state index contributed by atoms with van der Waals surface area (Å²) in [6, 6.07) is 11.3. The number of aliphatic imine (C=N–C) groups is 1. The van der Waals surface area contributed by atoms with Crippen LogP contribution < -0.4 is 20.1 Å². The molecule has 0 aliphatic carbocycles. The van der Waals surface area contributed by atoms with Crippen LogP contribution in [0.1, 0.15) is 36.2 Å². The highest BCUT2D eigenvalue weighted by Crippen LogP contribution is 2.23. The summed E-state index contributed by atoms with van der Waals surface area (Å²) in [6.45, 7) is 8.73. The number of hydrogen-bond acceptors (Lipinski definition) is 6. The number of benzene rings is 1. The number of pyridine rings is 1. The number of hydrogen-bond donors (Lipinski definition) is 2. The summed E-state index contributed by atoms with van der Waals surface area (Å²) in [6.07, 6.45) is 4.68. The lowest BCUT2D eigenvalue weighted by Crippen LogP contribution is -2.36. The average molecular weight is 567 g/mol. The molecular formula is C23H30IN5O2S. The predicted octanol–water partition coefficient (Wildman–Crippen LogP) is 5.16. The van der Waals surface area contributed by atoms with Crippen LogP contribution in [0, 0.1) is 0 Å². The van der Waals surface area contributed by atoms with Crippen molar-refractivity contribution in [2.45, 2.75) is 40.3 Å². The number of halogens is 1. The molecule has 32 heavy (non-hydrogen) atoms. The molecule has 1 aromatic carbocycles. The van der Waals surface area contributed by atoms with Crippen LogP contribution in [-0.2, 0) is 19.5 Å². The lowest BCUT2D eigenvalue weighted by Gasteiger charge is -2.10. The molecule has 7 nitrogen and oxygen atoms in total. The van der Waals surface area contributed by atoms with Crippen molar-refractivity contribution < 1.29 is 9.47 Å². The van der Waals surface area contributed by atoms with Gasteiger partial charge in [0.05, 0.1) is 19.7 Å². The van der Waals surface area contributed by atoms with E-state index in [-0.39, 0.29) is 24.0 Å². The van der Waals surface area contributed by atoms with Crippen LogP contribution in [0.25, 0.3) is 0 Å². The first-order valence-electron chi connectivity index (χ1n) is 10.5. The van der Waals surface area contributed by atoms with Crippen LogP contribution in [0.15, 0.2) is 53.8 Å². The number of thiazole rings is 1. The fourth-order valence-electron chi connectivity index (χ4n) is 2.76. The van der Waals surface area contributed by atoms with Crippen LogP contribution in [-0.4, -0.2) is 29.1 Å². The normalized spacial score (nSPS) is 10.9. The van der Waals surface area contributed by atoms with Crippen LogP contribution in [0.2, 0.25) is 0 Å². The third-order valence-corrected chi connectivity index (χ3v) is 5.42. The van der Waals surface area contributed by atoms with Gasteiger partial charge in [-0.15, -0.1) is 35.3 Å². The fourth-order valence-corrected chi connectivity index (χ4v) is 3.56. The van der Waals surface area contributed by atoms with Gasteiger partial charge in [-0.2, -0.15) is 0 Å². The van der Waals surface area contributed by atoms with Crippen LogP contribution in [0.5, 0.6) is 17.4 Å². The second kappa shape index (κ2) is 13.9. The molecule has 0 bridgehead atoms. The lowest BCUT2D eigenvalue weighted by molar-refractivity contribution is 0.339. The second-order valence-corrected chi connectivity index (χ2v) is 7.83. The molecule has 2 N–H and O–H groups in total. The zero-order valence-corrected chi connectivity index (χ0v) is 21.8. The molecule has 2 aromatic heterocycles. The van der Waals surface area contributed by atoms with Crippen LogP contribution >= 0.6 is 35.3 Å². The molecule has 3 rings (SSSR count). The van der Waals surface area contributed by atoms with Gasteiger partial charge in [0.2, 0.25) is 5.88 Å². The maximum atomic E-state index is 5.87. The quantitative estimate of drug-likeness (QED) is 0.200. The van der Waals surface area contributed by atoms with E-state index in [9.17, 15) is 0 Å². The first-order chi connectivity index (χ1) is 15.2. The van der Waals surface area contributed by atoms with E-state index >= 15 is 0 Å². The summed E-state index contributed by atoms with van der Waals surface area (Å²) in [5, 5.41) is 7.67. The Labute approximate surface area is 210 Å². The number of aryl methyl sites for hydroxylation is 1. The standard InChI is InChI=1S/C23H29N5O2S.HI/c1-4-20-15-26-22(31-20)16-28-23(24-5-2)27-14-17-11-12-25-21(13-17)30-19-9-7-18(8-10-19)29-6-3;/h7-13,15H,4-6,14,16H2,1-3H3,(H2,24,27,28);1H. The predicted molar refractivity (Wildman–Crippen MR) is 140 cm³/mol. The molecule has 172 valence electrons. The van der Waals surface area contributed by atoms with Gasteiger partial charge in [-0.1, -0.05) is 6.92 Å². The van der Waals surface area contributed by atoms with Crippen molar-refractivity contribution in [2.75, 3.05) is 13.2 Å². The van der Waals surface area contributed by atoms with E-state index in [1.54, 1.807) is 17.5 Å². The molecule has 0 aliphatic heterocycles. The van der Waals surface area contributed by atoms with Gasteiger partial charge in [0.15, 0.2) is 5.96 Å². The molecule has 0 radical (unpaired) electrons. The Bertz CT molecular complexity index is 979. The van der Waals surface area contributed by atoms with Gasteiger partial charge in [-0.25, -0.2) is 15.0 Å². The van der Waals surface area contributed by atoms with E-state index in [0.29, 0.717) is 31.3 Å².